The van der Waals surface area contributed by atoms with Gasteiger partial charge in [-0.25, -0.2) is 9.67 Å². The van der Waals surface area contributed by atoms with E-state index in [0.717, 1.165) is 22.4 Å². The van der Waals surface area contributed by atoms with E-state index in [4.69, 9.17) is 27.9 Å². The first-order valence-electron chi connectivity index (χ1n) is 8.75. The minimum Gasteiger partial charge on any atom is -0.364 e. The summed E-state index contributed by atoms with van der Waals surface area (Å²) in [6.45, 7) is 0.468. The molecule has 4 rings (SSSR count). The van der Waals surface area contributed by atoms with E-state index in [-0.39, 0.29) is 6.10 Å². The zero-order valence-corrected chi connectivity index (χ0v) is 16.4. The molecule has 6 heteroatoms. The van der Waals surface area contributed by atoms with Crippen LogP contribution in [0.25, 0.3) is 5.69 Å². The van der Waals surface area contributed by atoms with Crippen LogP contribution < -0.4 is 0 Å². The second-order valence-electron chi connectivity index (χ2n) is 6.30. The monoisotopic (exact) mass is 409 g/mol. The molecule has 0 radical (unpaired) electrons. The van der Waals surface area contributed by atoms with Crippen molar-refractivity contribution in [2.24, 2.45) is 0 Å². The quantitative estimate of drug-likeness (QED) is 0.399. The molecule has 0 aliphatic rings. The molecule has 0 bridgehead atoms. The van der Waals surface area contributed by atoms with Gasteiger partial charge < -0.3 is 4.74 Å². The van der Waals surface area contributed by atoms with E-state index in [0.29, 0.717) is 16.7 Å². The molecule has 4 aromatic rings. The van der Waals surface area contributed by atoms with Crippen LogP contribution in [0.1, 0.15) is 22.8 Å². The summed E-state index contributed by atoms with van der Waals surface area (Å²) in [6, 6.07) is 23.5. The molecule has 4 nitrogen and oxygen atoms in total. The van der Waals surface area contributed by atoms with Crippen LogP contribution in [0.4, 0.5) is 0 Å². The highest BCUT2D eigenvalue weighted by Crippen LogP contribution is 2.29. The van der Waals surface area contributed by atoms with Gasteiger partial charge >= 0.3 is 0 Å². The molecule has 0 fully saturated rings. The minimum atomic E-state index is -0.224. The molecular weight excluding hydrogens is 393 g/mol. The molecule has 0 saturated carbocycles. The van der Waals surface area contributed by atoms with Gasteiger partial charge in [0.15, 0.2) is 0 Å². The van der Waals surface area contributed by atoms with Gasteiger partial charge in [0.1, 0.15) is 18.8 Å². The van der Waals surface area contributed by atoms with Crippen molar-refractivity contribution in [1.29, 1.82) is 0 Å². The van der Waals surface area contributed by atoms with E-state index in [1.54, 1.807) is 11.0 Å². The number of hydrogen-bond donors (Lipinski definition) is 0. The Morgan fingerprint density at radius 3 is 1.93 bits per heavy atom. The molecule has 0 amide bonds. The fourth-order valence-corrected chi connectivity index (χ4v) is 3.18. The van der Waals surface area contributed by atoms with Crippen LogP contribution >= 0.6 is 23.2 Å². The number of nitrogens with zero attached hydrogens (tertiary/aromatic N) is 3. The number of aromatic nitrogens is 3. The average molecular weight is 410 g/mol. The summed E-state index contributed by atoms with van der Waals surface area (Å²) in [7, 11) is 0. The van der Waals surface area contributed by atoms with Crippen LogP contribution in [-0.2, 0) is 11.3 Å². The average Bonchev–Trinajstić information content (AvgIpc) is 3.26. The summed E-state index contributed by atoms with van der Waals surface area (Å²) >= 11 is 12.0. The van der Waals surface area contributed by atoms with E-state index in [1.807, 2.05) is 72.8 Å². The Kier molecular flexibility index (Phi) is 5.72. The highest BCUT2D eigenvalue weighted by atomic mass is 35.5. The molecule has 140 valence electrons. The lowest BCUT2D eigenvalue weighted by Gasteiger charge is -2.20. The predicted octanol–water partition coefficient (Wildman–Crippen LogP) is 5.88. The van der Waals surface area contributed by atoms with Gasteiger partial charge in [0.05, 0.1) is 12.3 Å². The molecule has 28 heavy (non-hydrogen) atoms. The Labute approximate surface area is 173 Å². The minimum absolute atomic E-state index is 0.224. The van der Waals surface area contributed by atoms with Crippen molar-refractivity contribution in [2.45, 2.75) is 12.7 Å². The summed E-state index contributed by atoms with van der Waals surface area (Å²) in [5, 5.41) is 5.57. The molecule has 1 unspecified atom stereocenters. The number of ether oxygens (including phenoxy) is 1. The SMILES string of the molecule is Clc1ccc(COC(c2ccc(Cl)cc2)c2ccc(-n3cncn3)cc2)cc1. The van der Waals surface area contributed by atoms with Gasteiger partial charge in [0.25, 0.3) is 0 Å². The standard InChI is InChI=1S/C22H17Cl2N3O/c23-19-7-1-16(2-8-19)13-28-22(17-3-9-20(24)10-4-17)18-5-11-21(12-6-18)27-15-25-14-26-27/h1-12,14-15,22H,13H2. The highest BCUT2D eigenvalue weighted by Gasteiger charge is 2.15. The molecule has 0 aliphatic carbocycles. The maximum atomic E-state index is 6.29. The van der Waals surface area contributed by atoms with Crippen molar-refractivity contribution in [1.82, 2.24) is 14.8 Å². The van der Waals surface area contributed by atoms with Gasteiger partial charge in [-0.3, -0.25) is 0 Å². The van der Waals surface area contributed by atoms with Crippen LogP contribution in [0.2, 0.25) is 10.0 Å². The Hall–Kier alpha value is -2.66. The van der Waals surface area contributed by atoms with Crippen LogP contribution in [0, 0.1) is 0 Å². The van der Waals surface area contributed by atoms with E-state index < -0.39 is 0 Å². The molecule has 0 saturated heterocycles. The third-order valence-corrected chi connectivity index (χ3v) is 4.89. The summed E-state index contributed by atoms with van der Waals surface area (Å²) < 4.78 is 8.01. The largest absolute Gasteiger partial charge is 0.364 e. The van der Waals surface area contributed by atoms with Crippen LogP contribution in [0.5, 0.6) is 0 Å². The molecule has 0 N–H and O–H groups in total. The second kappa shape index (κ2) is 8.57. The second-order valence-corrected chi connectivity index (χ2v) is 7.17. The van der Waals surface area contributed by atoms with Crippen LogP contribution in [-0.4, -0.2) is 14.8 Å². The van der Waals surface area contributed by atoms with Gasteiger partial charge in [-0.1, -0.05) is 59.6 Å². The van der Waals surface area contributed by atoms with Gasteiger partial charge in [-0.05, 0) is 53.1 Å². The predicted molar refractivity (Wildman–Crippen MR) is 111 cm³/mol. The summed E-state index contributed by atoms with van der Waals surface area (Å²) in [5.41, 5.74) is 4.07. The molecule has 1 atom stereocenters. The summed E-state index contributed by atoms with van der Waals surface area (Å²) in [4.78, 5) is 3.99. The van der Waals surface area contributed by atoms with E-state index in [9.17, 15) is 0 Å². The van der Waals surface area contributed by atoms with Crippen molar-refractivity contribution >= 4 is 23.2 Å². The number of hydrogen-bond acceptors (Lipinski definition) is 3. The van der Waals surface area contributed by atoms with Crippen molar-refractivity contribution in [2.75, 3.05) is 0 Å². The fraction of sp³-hybridized carbons (Fsp3) is 0.0909. The zero-order valence-electron chi connectivity index (χ0n) is 14.9. The fourth-order valence-electron chi connectivity index (χ4n) is 2.93. The Balaban J connectivity index is 1.60. The van der Waals surface area contributed by atoms with Gasteiger partial charge in [0, 0.05) is 10.0 Å². The number of rotatable bonds is 6. The van der Waals surface area contributed by atoms with Crippen molar-refractivity contribution in [3.05, 3.63) is 112 Å². The van der Waals surface area contributed by atoms with Crippen molar-refractivity contribution < 1.29 is 4.74 Å². The molecule has 3 aromatic carbocycles. The molecule has 1 heterocycles. The van der Waals surface area contributed by atoms with E-state index in [1.165, 1.54) is 6.33 Å². The Morgan fingerprint density at radius 2 is 1.36 bits per heavy atom. The van der Waals surface area contributed by atoms with Crippen molar-refractivity contribution in [3.63, 3.8) is 0 Å². The summed E-state index contributed by atoms with van der Waals surface area (Å²) in [6.07, 6.45) is 2.96. The lowest BCUT2D eigenvalue weighted by molar-refractivity contribution is 0.0667. The van der Waals surface area contributed by atoms with Crippen LogP contribution in [0.15, 0.2) is 85.5 Å². The van der Waals surface area contributed by atoms with E-state index >= 15 is 0 Å². The smallest absolute Gasteiger partial charge is 0.138 e. The first kappa shape index (κ1) is 18.7. The third-order valence-electron chi connectivity index (χ3n) is 4.38. The highest BCUT2D eigenvalue weighted by molar-refractivity contribution is 6.30. The topological polar surface area (TPSA) is 39.9 Å². The Morgan fingerprint density at radius 1 is 0.786 bits per heavy atom. The summed E-state index contributed by atoms with van der Waals surface area (Å²) in [5.74, 6) is 0. The lowest BCUT2D eigenvalue weighted by Crippen LogP contribution is -2.07. The van der Waals surface area contributed by atoms with Gasteiger partial charge in [-0.2, -0.15) is 5.10 Å². The number of halogens is 2. The zero-order chi connectivity index (χ0) is 19.3. The Bertz CT molecular complexity index is 1020. The van der Waals surface area contributed by atoms with Crippen molar-refractivity contribution in [3.8, 4) is 5.69 Å². The normalized spacial score (nSPS) is 12.1. The lowest BCUT2D eigenvalue weighted by atomic mass is 10.0. The molecule has 0 aliphatic heterocycles. The molecule has 1 aromatic heterocycles. The maximum absolute atomic E-state index is 6.29. The third kappa shape index (κ3) is 4.42. The van der Waals surface area contributed by atoms with Gasteiger partial charge in [-0.15, -0.1) is 0 Å². The first-order chi connectivity index (χ1) is 13.7. The van der Waals surface area contributed by atoms with E-state index in [2.05, 4.69) is 10.1 Å². The molecular formula is C22H17Cl2N3O. The van der Waals surface area contributed by atoms with Crippen LogP contribution in [0.3, 0.4) is 0 Å². The first-order valence-corrected chi connectivity index (χ1v) is 9.51. The maximum Gasteiger partial charge on any atom is 0.138 e. The van der Waals surface area contributed by atoms with Gasteiger partial charge in [0.2, 0.25) is 0 Å². The molecule has 0 spiro atoms. The number of benzene rings is 3.